The van der Waals surface area contributed by atoms with Crippen molar-refractivity contribution in [2.45, 2.75) is 94.4 Å². The Morgan fingerprint density at radius 2 is 1.84 bits per heavy atom. The number of amides is 1. The van der Waals surface area contributed by atoms with Crippen molar-refractivity contribution in [1.29, 1.82) is 0 Å². The number of aryl methyl sites for hydroxylation is 1. The maximum atomic E-state index is 13.0. The quantitative estimate of drug-likeness (QED) is 0.178. The fraction of sp³-hybridized carbons (Fsp3) is 0.634. The molecule has 4 fully saturated rings. The maximum Gasteiger partial charge on any atom is 0.434 e. The number of fused-ring (bicyclic) bond motifs is 5. The topological polar surface area (TPSA) is 178 Å². The van der Waals surface area contributed by atoms with Gasteiger partial charge in [-0.3, -0.25) is 14.7 Å². The standard InChI is InChI=1S/C41H53F3N8O6/c1-40-12-11-27-26-6-4-25(19-24(26)3-5-28(27)29(40)7-9-34(40)53)57-18-2-13-46-39(56)30-8-10-36(50-49-30)52-16-14-51(15-17-52)22-32-38(55)37(54)31(23-58-32)47-35-21-45-20-33(48-35)41(42,43)44/h4,6,8,10,19-21,27-29,31-32,34,37-38,53-55H,2-3,5,7,9,11-18,22-23H2,1H3,(H,46,56)(H,47,48)/t27-,28-,29+,31+,32-,34+,37-,38+,40+/m1/s1. The molecule has 1 amide bonds. The van der Waals surface area contributed by atoms with Gasteiger partial charge in [-0.15, -0.1) is 10.2 Å². The highest BCUT2D eigenvalue weighted by Crippen LogP contribution is 2.61. The van der Waals surface area contributed by atoms with Crippen LogP contribution in [0.3, 0.4) is 0 Å². The number of alkyl halides is 3. The molecular weight excluding hydrogens is 757 g/mol. The zero-order valence-corrected chi connectivity index (χ0v) is 32.7. The van der Waals surface area contributed by atoms with Crippen LogP contribution in [0.1, 0.15) is 78.7 Å². The number of hydrogen-bond donors (Lipinski definition) is 5. The molecule has 0 bridgehead atoms. The Morgan fingerprint density at radius 3 is 2.62 bits per heavy atom. The number of anilines is 2. The second kappa shape index (κ2) is 16.8. The first-order valence-corrected chi connectivity index (χ1v) is 20.5. The van der Waals surface area contributed by atoms with Gasteiger partial charge in [0.1, 0.15) is 23.8 Å². The molecule has 0 radical (unpaired) electrons. The molecule has 314 valence electrons. The van der Waals surface area contributed by atoms with E-state index in [4.69, 9.17) is 9.47 Å². The predicted octanol–water partition coefficient (Wildman–Crippen LogP) is 3.42. The summed E-state index contributed by atoms with van der Waals surface area (Å²) in [4.78, 5) is 24.0. The lowest BCUT2D eigenvalue weighted by Crippen LogP contribution is -2.59. The van der Waals surface area contributed by atoms with E-state index < -0.39 is 36.2 Å². The second-order valence-corrected chi connectivity index (χ2v) is 16.8. The van der Waals surface area contributed by atoms with Gasteiger partial charge in [-0.2, -0.15) is 13.2 Å². The third-order valence-corrected chi connectivity index (χ3v) is 13.4. The van der Waals surface area contributed by atoms with Gasteiger partial charge in [0.25, 0.3) is 5.91 Å². The summed E-state index contributed by atoms with van der Waals surface area (Å²) >= 11 is 0. The molecule has 58 heavy (non-hydrogen) atoms. The summed E-state index contributed by atoms with van der Waals surface area (Å²) in [5, 5.41) is 46.3. The lowest BCUT2D eigenvalue weighted by Gasteiger charge is -2.50. The van der Waals surface area contributed by atoms with Crippen LogP contribution in [-0.4, -0.2) is 129 Å². The summed E-state index contributed by atoms with van der Waals surface area (Å²) in [7, 11) is 0. The zero-order valence-electron chi connectivity index (χ0n) is 32.7. The van der Waals surface area contributed by atoms with E-state index in [9.17, 15) is 33.3 Å². The van der Waals surface area contributed by atoms with Crippen molar-refractivity contribution in [2.24, 2.45) is 17.3 Å². The van der Waals surface area contributed by atoms with E-state index in [0.29, 0.717) is 82.1 Å². The number of nitrogens with zero attached hydrogens (tertiary/aromatic N) is 6. The molecule has 2 saturated carbocycles. The number of nitrogens with one attached hydrogen (secondary N) is 2. The van der Waals surface area contributed by atoms with Gasteiger partial charge in [-0.05, 0) is 104 Å². The number of benzene rings is 1. The largest absolute Gasteiger partial charge is 0.494 e. The minimum Gasteiger partial charge on any atom is -0.494 e. The number of ether oxygens (including phenoxy) is 2. The number of carbonyl (C=O) groups is 1. The number of aliphatic hydroxyl groups is 3. The Bertz CT molecular complexity index is 1900. The first-order chi connectivity index (χ1) is 27.9. The van der Waals surface area contributed by atoms with E-state index >= 15 is 0 Å². The van der Waals surface area contributed by atoms with Gasteiger partial charge in [-0.1, -0.05) is 13.0 Å². The van der Waals surface area contributed by atoms with Crippen LogP contribution in [0.2, 0.25) is 0 Å². The molecule has 17 heteroatoms. The first kappa shape index (κ1) is 40.6. The van der Waals surface area contributed by atoms with Gasteiger partial charge in [0.05, 0.1) is 43.9 Å². The molecule has 5 aliphatic rings. The van der Waals surface area contributed by atoms with Crippen LogP contribution < -0.4 is 20.3 Å². The average molecular weight is 811 g/mol. The number of hydrogen-bond acceptors (Lipinski definition) is 13. The van der Waals surface area contributed by atoms with Crippen LogP contribution in [0.15, 0.2) is 42.7 Å². The van der Waals surface area contributed by atoms with Gasteiger partial charge in [0.2, 0.25) is 0 Å². The minimum atomic E-state index is -4.67. The van der Waals surface area contributed by atoms with E-state index in [1.165, 1.54) is 17.5 Å². The summed E-state index contributed by atoms with van der Waals surface area (Å²) in [5.41, 5.74) is 1.98. The fourth-order valence-corrected chi connectivity index (χ4v) is 10.1. The van der Waals surface area contributed by atoms with Crippen molar-refractivity contribution < 1.29 is 42.8 Å². The fourth-order valence-electron chi connectivity index (χ4n) is 10.1. The molecule has 5 N–H and O–H groups in total. The predicted molar refractivity (Wildman–Crippen MR) is 206 cm³/mol. The van der Waals surface area contributed by atoms with Crippen molar-refractivity contribution in [3.8, 4) is 5.75 Å². The highest BCUT2D eigenvalue weighted by atomic mass is 19.4. The third kappa shape index (κ3) is 8.46. The first-order valence-electron chi connectivity index (χ1n) is 20.5. The van der Waals surface area contributed by atoms with Crippen molar-refractivity contribution in [3.63, 3.8) is 0 Å². The lowest BCUT2D eigenvalue weighted by molar-refractivity contribution is -0.147. The SMILES string of the molecule is C[C@]12CC[C@@H]3c4ccc(OCCCNC(=O)c5ccc(N6CCN(C[C@H]7OC[C@H](Nc8cncc(C(F)(F)F)n8)[C@@H](O)[C@H]7O)CC6)nn5)cc4CC[C@H]3[C@@H]1CC[C@@H]2O. The Balaban J connectivity index is 0.732. The van der Waals surface area contributed by atoms with E-state index in [-0.39, 0.29) is 35.5 Å². The van der Waals surface area contributed by atoms with Gasteiger partial charge < -0.3 is 40.3 Å². The van der Waals surface area contributed by atoms with Crippen molar-refractivity contribution in [2.75, 3.05) is 62.7 Å². The van der Waals surface area contributed by atoms with Crippen LogP contribution in [0.4, 0.5) is 24.8 Å². The molecule has 14 nitrogen and oxygen atoms in total. The Morgan fingerprint density at radius 1 is 1.02 bits per heavy atom. The molecule has 3 aromatic rings. The summed E-state index contributed by atoms with van der Waals surface area (Å²) in [6, 6.07) is 9.08. The highest BCUT2D eigenvalue weighted by Gasteiger charge is 2.54. The van der Waals surface area contributed by atoms with Gasteiger partial charge in [0, 0.05) is 39.3 Å². The van der Waals surface area contributed by atoms with E-state index in [1.807, 2.05) is 0 Å². The summed E-state index contributed by atoms with van der Waals surface area (Å²) < 4.78 is 51.0. The van der Waals surface area contributed by atoms with Crippen molar-refractivity contribution >= 4 is 17.5 Å². The molecule has 2 aliphatic heterocycles. The number of aromatic nitrogens is 4. The van der Waals surface area contributed by atoms with Crippen LogP contribution in [0, 0.1) is 17.3 Å². The Hall–Kier alpha value is -4.16. The lowest BCUT2D eigenvalue weighted by atomic mass is 9.55. The number of halogens is 3. The Labute approximate surface area is 335 Å². The summed E-state index contributed by atoms with van der Waals surface area (Å²) in [6.45, 7) is 5.98. The molecule has 8 rings (SSSR count). The monoisotopic (exact) mass is 810 g/mol. The summed E-state index contributed by atoms with van der Waals surface area (Å²) in [5.74, 6) is 2.86. The van der Waals surface area contributed by atoms with E-state index in [0.717, 1.165) is 44.1 Å². The van der Waals surface area contributed by atoms with Crippen LogP contribution in [0.25, 0.3) is 0 Å². The number of rotatable bonds is 11. The normalized spacial score (nSPS) is 31.2. The van der Waals surface area contributed by atoms with Crippen molar-refractivity contribution in [3.05, 3.63) is 65.2 Å². The molecule has 9 atom stereocenters. The number of carbonyl (C=O) groups excluding carboxylic acids is 1. The van der Waals surface area contributed by atoms with Crippen molar-refractivity contribution in [1.82, 2.24) is 30.4 Å². The molecule has 2 saturated heterocycles. The van der Waals surface area contributed by atoms with Gasteiger partial charge in [0.15, 0.2) is 17.2 Å². The highest BCUT2D eigenvalue weighted by molar-refractivity contribution is 5.92. The van der Waals surface area contributed by atoms with Crippen LogP contribution in [-0.2, 0) is 17.3 Å². The second-order valence-electron chi connectivity index (χ2n) is 16.8. The molecule has 0 unspecified atom stereocenters. The number of piperazine rings is 1. The maximum absolute atomic E-state index is 13.0. The molecule has 3 aliphatic carbocycles. The number of aliphatic hydroxyl groups excluding tert-OH is 3. The zero-order chi connectivity index (χ0) is 40.6. The molecular formula is C41H53F3N8O6. The third-order valence-electron chi connectivity index (χ3n) is 13.4. The van der Waals surface area contributed by atoms with E-state index in [2.05, 4.69) is 65.7 Å². The van der Waals surface area contributed by atoms with Crippen LogP contribution >= 0.6 is 0 Å². The van der Waals surface area contributed by atoms with Gasteiger partial charge >= 0.3 is 6.18 Å². The minimum absolute atomic E-state index is 0.0474. The smallest absolute Gasteiger partial charge is 0.434 e. The molecule has 0 spiro atoms. The molecule has 1 aromatic carbocycles. The average Bonchev–Trinajstić information content (AvgIpc) is 3.54. The van der Waals surface area contributed by atoms with Gasteiger partial charge in [-0.25, -0.2) is 4.98 Å². The van der Waals surface area contributed by atoms with E-state index in [1.54, 1.807) is 12.1 Å². The van der Waals surface area contributed by atoms with Crippen LogP contribution in [0.5, 0.6) is 5.75 Å². The summed E-state index contributed by atoms with van der Waals surface area (Å²) in [6.07, 6.45) is 0.799. The molecule has 2 aromatic heterocycles. The Kier molecular flexibility index (Phi) is 11.8. The molecule has 4 heterocycles.